The van der Waals surface area contributed by atoms with Gasteiger partial charge in [-0.25, -0.2) is 4.58 Å². The molecule has 3 aromatic rings. The zero-order valence-corrected chi connectivity index (χ0v) is 23.1. The van der Waals surface area contributed by atoms with E-state index < -0.39 is 0 Å². The summed E-state index contributed by atoms with van der Waals surface area (Å²) < 4.78 is 2.31. The first-order chi connectivity index (χ1) is 16.4. The number of rotatable bonds is 6. The van der Waals surface area contributed by atoms with Crippen LogP contribution in [0.2, 0.25) is 0 Å². The molecule has 0 saturated heterocycles. The summed E-state index contributed by atoms with van der Waals surface area (Å²) in [6.07, 6.45) is 1.56. The van der Waals surface area contributed by atoms with Crippen LogP contribution in [0.25, 0.3) is 0 Å². The van der Waals surface area contributed by atoms with E-state index in [4.69, 9.17) is 9.98 Å². The van der Waals surface area contributed by atoms with E-state index in [0.29, 0.717) is 0 Å². The average molecular weight is 469 g/mol. The average Bonchev–Trinajstić information content (AvgIpc) is 2.77. The lowest BCUT2D eigenvalue weighted by atomic mass is 9.85. The zero-order chi connectivity index (χ0) is 25.8. The first-order valence-corrected chi connectivity index (χ1v) is 12.6. The normalized spacial score (nSPS) is 13.6. The van der Waals surface area contributed by atoms with Crippen LogP contribution < -0.4 is 0 Å². The van der Waals surface area contributed by atoms with Crippen LogP contribution in [0.5, 0.6) is 0 Å². The van der Waals surface area contributed by atoms with Crippen molar-refractivity contribution in [3.63, 3.8) is 0 Å². The fourth-order valence-electron chi connectivity index (χ4n) is 4.43. The van der Waals surface area contributed by atoms with Crippen molar-refractivity contribution in [3.8, 4) is 0 Å². The predicted octanol–water partition coefficient (Wildman–Crippen LogP) is 7.99. The third-order valence-electron chi connectivity index (χ3n) is 6.41. The summed E-state index contributed by atoms with van der Waals surface area (Å²) in [6, 6.07) is 23.5. The molecule has 0 aliphatic carbocycles. The minimum atomic E-state index is 0.0591. The van der Waals surface area contributed by atoms with Gasteiger partial charge in [0.2, 0.25) is 5.69 Å². The summed E-state index contributed by atoms with van der Waals surface area (Å²) >= 11 is 0. The van der Waals surface area contributed by atoms with Gasteiger partial charge in [-0.1, -0.05) is 84.0 Å². The number of benzene rings is 2. The molecule has 0 bridgehead atoms. The fraction of sp³-hybridized carbons (Fsp3) is 0.406. The Labute approximate surface area is 212 Å². The van der Waals surface area contributed by atoms with Gasteiger partial charge in [-0.3, -0.25) is 9.98 Å². The molecule has 2 aromatic carbocycles. The van der Waals surface area contributed by atoms with Gasteiger partial charge >= 0.3 is 0 Å². The summed E-state index contributed by atoms with van der Waals surface area (Å²) in [6.45, 7) is 17.8. The summed E-state index contributed by atoms with van der Waals surface area (Å²) in [5.74, 6) is 0. The second-order valence-electron chi connectivity index (χ2n) is 11.6. The maximum Gasteiger partial charge on any atom is 0.208 e. The smallest absolute Gasteiger partial charge is 0.208 e. The highest BCUT2D eigenvalue weighted by atomic mass is 15.0. The molecule has 0 fully saturated rings. The highest BCUT2D eigenvalue weighted by molar-refractivity contribution is 5.87. The SMILES string of the molecule is CC(Cc1cccc(CC(C)=[N+](C)c2ccccc2C(C)(C)C)n1)=Nc1ccccc1C(C)(C)C. The highest BCUT2D eigenvalue weighted by Gasteiger charge is 2.23. The predicted molar refractivity (Wildman–Crippen MR) is 151 cm³/mol. The number of hydrogen-bond acceptors (Lipinski definition) is 2. The number of nitrogens with zero attached hydrogens (tertiary/aromatic N) is 3. The molecule has 0 spiro atoms. The number of pyridine rings is 1. The number of aliphatic imine (C=N–C) groups is 1. The Morgan fingerprint density at radius 2 is 1.26 bits per heavy atom. The maximum absolute atomic E-state index is 4.98. The largest absolute Gasteiger partial charge is 0.257 e. The molecular formula is C32H42N3+. The summed E-state index contributed by atoms with van der Waals surface area (Å²) in [5.41, 5.74) is 9.57. The van der Waals surface area contributed by atoms with Gasteiger partial charge < -0.3 is 0 Å². The Balaban J connectivity index is 1.83. The lowest BCUT2D eigenvalue weighted by Crippen LogP contribution is -2.19. The van der Waals surface area contributed by atoms with Gasteiger partial charge in [-0.2, -0.15) is 0 Å². The molecule has 0 atom stereocenters. The van der Waals surface area contributed by atoms with E-state index in [-0.39, 0.29) is 10.8 Å². The van der Waals surface area contributed by atoms with Crippen molar-refractivity contribution in [2.24, 2.45) is 4.99 Å². The van der Waals surface area contributed by atoms with Crippen molar-refractivity contribution in [3.05, 3.63) is 89.2 Å². The van der Waals surface area contributed by atoms with Crippen LogP contribution in [-0.2, 0) is 23.7 Å². The van der Waals surface area contributed by atoms with Gasteiger partial charge in [0.15, 0.2) is 5.71 Å². The molecule has 0 saturated carbocycles. The van der Waals surface area contributed by atoms with Crippen LogP contribution >= 0.6 is 0 Å². The van der Waals surface area contributed by atoms with Crippen LogP contribution in [-0.4, -0.2) is 28.0 Å². The Morgan fingerprint density at radius 1 is 0.714 bits per heavy atom. The van der Waals surface area contributed by atoms with E-state index in [1.165, 1.54) is 22.5 Å². The van der Waals surface area contributed by atoms with Crippen LogP contribution in [0.4, 0.5) is 11.4 Å². The van der Waals surface area contributed by atoms with E-state index in [1.54, 1.807) is 0 Å². The third-order valence-corrected chi connectivity index (χ3v) is 6.41. The molecule has 3 heteroatoms. The van der Waals surface area contributed by atoms with Crippen LogP contribution in [0.15, 0.2) is 71.7 Å². The van der Waals surface area contributed by atoms with Gasteiger partial charge in [0, 0.05) is 36.4 Å². The monoisotopic (exact) mass is 468 g/mol. The fourth-order valence-corrected chi connectivity index (χ4v) is 4.43. The lowest BCUT2D eigenvalue weighted by molar-refractivity contribution is -0.407. The maximum atomic E-state index is 4.98. The zero-order valence-electron chi connectivity index (χ0n) is 23.1. The van der Waals surface area contributed by atoms with E-state index in [1.807, 2.05) is 0 Å². The quantitative estimate of drug-likeness (QED) is 0.266. The van der Waals surface area contributed by atoms with Crippen LogP contribution in [0.3, 0.4) is 0 Å². The van der Waals surface area contributed by atoms with Crippen LogP contribution in [0, 0.1) is 0 Å². The van der Waals surface area contributed by atoms with E-state index >= 15 is 0 Å². The molecule has 3 rings (SSSR count). The molecule has 184 valence electrons. The molecule has 35 heavy (non-hydrogen) atoms. The molecule has 0 radical (unpaired) electrons. The third kappa shape index (κ3) is 6.97. The van der Waals surface area contributed by atoms with Crippen molar-refractivity contribution in [1.29, 1.82) is 0 Å². The van der Waals surface area contributed by atoms with E-state index in [0.717, 1.165) is 35.6 Å². The molecule has 0 N–H and O–H groups in total. The van der Waals surface area contributed by atoms with Crippen LogP contribution in [0.1, 0.15) is 77.9 Å². The Kier molecular flexibility index (Phi) is 8.10. The lowest BCUT2D eigenvalue weighted by Gasteiger charge is -2.21. The van der Waals surface area contributed by atoms with E-state index in [2.05, 4.69) is 134 Å². The van der Waals surface area contributed by atoms with Gasteiger partial charge in [-0.15, -0.1) is 0 Å². The molecule has 0 aliphatic rings. The first kappa shape index (κ1) is 26.5. The second kappa shape index (κ2) is 10.7. The Morgan fingerprint density at radius 3 is 1.89 bits per heavy atom. The Hall–Kier alpha value is -3.07. The van der Waals surface area contributed by atoms with Gasteiger partial charge in [-0.05, 0) is 41.5 Å². The summed E-state index contributed by atoms with van der Waals surface area (Å²) in [7, 11) is 2.16. The van der Waals surface area contributed by atoms with Gasteiger partial charge in [0.1, 0.15) is 7.05 Å². The second-order valence-corrected chi connectivity index (χ2v) is 11.6. The minimum absolute atomic E-state index is 0.0591. The molecule has 1 aromatic heterocycles. The molecule has 1 heterocycles. The first-order valence-electron chi connectivity index (χ1n) is 12.6. The highest BCUT2D eigenvalue weighted by Crippen LogP contribution is 2.32. The Bertz CT molecular complexity index is 1230. The molecule has 0 unspecified atom stereocenters. The summed E-state index contributed by atoms with van der Waals surface area (Å²) in [5, 5.41) is 0. The van der Waals surface area contributed by atoms with E-state index in [9.17, 15) is 0 Å². The van der Waals surface area contributed by atoms with Crippen molar-refractivity contribution < 1.29 is 4.58 Å². The minimum Gasteiger partial charge on any atom is -0.257 e. The van der Waals surface area contributed by atoms with Crippen molar-refractivity contribution >= 4 is 22.8 Å². The topological polar surface area (TPSA) is 28.3 Å². The summed E-state index contributed by atoms with van der Waals surface area (Å²) in [4.78, 5) is 9.96. The molecular weight excluding hydrogens is 426 g/mol. The van der Waals surface area contributed by atoms with Crippen molar-refractivity contribution in [1.82, 2.24) is 4.98 Å². The number of para-hydroxylation sites is 2. The van der Waals surface area contributed by atoms with Crippen molar-refractivity contribution in [2.75, 3.05) is 7.05 Å². The van der Waals surface area contributed by atoms with Gasteiger partial charge in [0.25, 0.3) is 0 Å². The number of hydrogen-bond donors (Lipinski definition) is 0. The standard InChI is InChI=1S/C32H42N3/c1-23(33-29-19-12-10-17-27(29)31(3,4)5)21-25-15-14-16-26(34-25)22-24(2)35(9)30-20-13-11-18-28(30)32(6,7)8/h10-20H,21-22H2,1-9H3/q+1. The molecule has 3 nitrogen and oxygen atoms in total. The number of aromatic nitrogens is 1. The van der Waals surface area contributed by atoms with Gasteiger partial charge in [0.05, 0.1) is 17.8 Å². The van der Waals surface area contributed by atoms with Crippen molar-refractivity contribution in [2.45, 2.75) is 79.1 Å². The molecule has 0 aliphatic heterocycles. The molecule has 0 amide bonds.